The van der Waals surface area contributed by atoms with Crippen molar-refractivity contribution in [1.29, 1.82) is 0 Å². The maximum atomic E-state index is 6.47. The molecule has 0 unspecified atom stereocenters. The molecule has 0 saturated heterocycles. The van der Waals surface area contributed by atoms with Crippen LogP contribution in [-0.2, 0) is 5.41 Å². The lowest BCUT2D eigenvalue weighted by Gasteiger charge is -2.22. The quantitative estimate of drug-likeness (QED) is 0.186. The van der Waals surface area contributed by atoms with Gasteiger partial charge in [0.05, 0.1) is 11.4 Å². The number of nitrogens with zero attached hydrogens (tertiary/aromatic N) is 2. The lowest BCUT2D eigenvalue weighted by atomic mass is 9.81. The Morgan fingerprint density at radius 2 is 1.19 bits per heavy atom. The van der Waals surface area contributed by atoms with E-state index in [0.29, 0.717) is 5.89 Å². The average Bonchev–Trinajstić information content (AvgIpc) is 3.68. The van der Waals surface area contributed by atoms with Crippen LogP contribution in [0.4, 0.5) is 0 Å². The highest BCUT2D eigenvalue weighted by Crippen LogP contribution is 2.52. The Morgan fingerprint density at radius 3 is 2.06 bits per heavy atom. The monoisotopic (exact) mass is 614 g/mol. The summed E-state index contributed by atoms with van der Waals surface area (Å²) < 4.78 is 6.47. The Bertz CT molecular complexity index is 2750. The van der Waals surface area contributed by atoms with Gasteiger partial charge >= 0.3 is 0 Å². The molecule has 226 valence electrons. The summed E-state index contributed by atoms with van der Waals surface area (Å²) >= 11 is 0. The smallest absolute Gasteiger partial charge is 0.227 e. The van der Waals surface area contributed by atoms with Crippen molar-refractivity contribution in [2.24, 2.45) is 0 Å². The lowest BCUT2D eigenvalue weighted by Crippen LogP contribution is -2.15. The first kappa shape index (κ1) is 27.1. The molecular weight excluding hydrogens is 585 g/mol. The summed E-state index contributed by atoms with van der Waals surface area (Å²) in [5.41, 5.74) is 12.1. The fourth-order valence-electron chi connectivity index (χ4n) is 7.81. The van der Waals surface area contributed by atoms with Crippen LogP contribution in [0, 0.1) is 0 Å². The van der Waals surface area contributed by atoms with Gasteiger partial charge in [0.25, 0.3) is 0 Å². The first-order chi connectivity index (χ1) is 23.5. The Morgan fingerprint density at radius 1 is 0.500 bits per heavy atom. The molecule has 0 saturated carbocycles. The number of rotatable bonds is 3. The van der Waals surface area contributed by atoms with Crippen molar-refractivity contribution in [2.45, 2.75) is 19.3 Å². The van der Waals surface area contributed by atoms with E-state index in [4.69, 9.17) is 14.4 Å². The number of fused-ring (bicyclic) bond motifs is 10. The van der Waals surface area contributed by atoms with Gasteiger partial charge in [-0.1, -0.05) is 117 Å². The summed E-state index contributed by atoms with van der Waals surface area (Å²) in [6, 6.07) is 51.7. The summed E-state index contributed by atoms with van der Waals surface area (Å²) in [5, 5.41) is 7.08. The number of hydrogen-bond acceptors (Lipinski definition) is 3. The summed E-state index contributed by atoms with van der Waals surface area (Å²) in [6.45, 7) is 4.68. The molecule has 7 aromatic carbocycles. The second-order valence-electron chi connectivity index (χ2n) is 13.4. The van der Waals surface area contributed by atoms with Crippen molar-refractivity contribution in [1.82, 2.24) is 9.97 Å². The molecule has 9 aromatic rings. The van der Waals surface area contributed by atoms with Crippen LogP contribution in [0.1, 0.15) is 25.0 Å². The van der Waals surface area contributed by atoms with E-state index in [0.717, 1.165) is 60.7 Å². The van der Waals surface area contributed by atoms with Crippen molar-refractivity contribution in [3.05, 3.63) is 157 Å². The topological polar surface area (TPSA) is 38.9 Å². The predicted molar refractivity (Wildman–Crippen MR) is 198 cm³/mol. The third kappa shape index (κ3) is 3.94. The lowest BCUT2D eigenvalue weighted by molar-refractivity contribution is 0.623. The van der Waals surface area contributed by atoms with E-state index in [1.165, 1.54) is 33.0 Å². The highest BCUT2D eigenvalue weighted by atomic mass is 16.3. The largest absolute Gasteiger partial charge is 0.435 e. The van der Waals surface area contributed by atoms with Crippen molar-refractivity contribution in [3.8, 4) is 45.1 Å². The summed E-state index contributed by atoms with van der Waals surface area (Å²) in [5.74, 6) is 0.634. The third-order valence-corrected chi connectivity index (χ3v) is 10.3. The molecule has 10 rings (SSSR count). The minimum atomic E-state index is -0.103. The van der Waals surface area contributed by atoms with Gasteiger partial charge in [-0.25, -0.2) is 9.97 Å². The van der Waals surface area contributed by atoms with Crippen molar-refractivity contribution < 1.29 is 4.42 Å². The molecular formula is C45H30N2O. The maximum absolute atomic E-state index is 6.47. The minimum absolute atomic E-state index is 0.103. The Hall–Kier alpha value is -6.06. The number of hydrogen-bond donors (Lipinski definition) is 0. The predicted octanol–water partition coefficient (Wildman–Crippen LogP) is 12.0. The molecule has 48 heavy (non-hydrogen) atoms. The molecule has 3 heteroatoms. The van der Waals surface area contributed by atoms with Crippen LogP contribution in [0.25, 0.3) is 88.5 Å². The third-order valence-electron chi connectivity index (χ3n) is 10.3. The van der Waals surface area contributed by atoms with Crippen LogP contribution >= 0.6 is 0 Å². The Kier molecular flexibility index (Phi) is 5.63. The van der Waals surface area contributed by atoms with Crippen molar-refractivity contribution in [3.63, 3.8) is 0 Å². The molecule has 1 aliphatic rings. The van der Waals surface area contributed by atoms with Gasteiger partial charge in [0.15, 0.2) is 5.58 Å². The molecule has 0 radical (unpaired) electrons. The van der Waals surface area contributed by atoms with Gasteiger partial charge in [-0.15, -0.1) is 0 Å². The van der Waals surface area contributed by atoms with E-state index < -0.39 is 0 Å². The van der Waals surface area contributed by atoms with Crippen LogP contribution in [0.3, 0.4) is 0 Å². The molecule has 0 spiro atoms. The first-order valence-electron chi connectivity index (χ1n) is 16.5. The number of aromatic nitrogens is 2. The van der Waals surface area contributed by atoms with E-state index in [2.05, 4.69) is 123 Å². The van der Waals surface area contributed by atoms with Crippen molar-refractivity contribution >= 4 is 43.4 Å². The van der Waals surface area contributed by atoms with Gasteiger partial charge in [0.1, 0.15) is 5.52 Å². The van der Waals surface area contributed by atoms with E-state index in [9.17, 15) is 0 Å². The van der Waals surface area contributed by atoms with Gasteiger partial charge < -0.3 is 4.42 Å². The van der Waals surface area contributed by atoms with Crippen molar-refractivity contribution in [2.75, 3.05) is 0 Å². The van der Waals surface area contributed by atoms with Crippen LogP contribution in [-0.4, -0.2) is 9.97 Å². The molecule has 2 heterocycles. The molecule has 0 amide bonds. The minimum Gasteiger partial charge on any atom is -0.435 e. The summed E-state index contributed by atoms with van der Waals surface area (Å²) in [6.07, 6.45) is 0. The number of pyridine rings is 1. The van der Waals surface area contributed by atoms with Gasteiger partial charge in [-0.05, 0) is 91.6 Å². The molecule has 0 N–H and O–H groups in total. The number of oxazole rings is 1. The fourth-order valence-corrected chi connectivity index (χ4v) is 7.81. The normalized spacial score (nSPS) is 13.4. The number of benzene rings is 7. The van der Waals surface area contributed by atoms with Crippen LogP contribution in [0.15, 0.2) is 150 Å². The van der Waals surface area contributed by atoms with E-state index in [1.807, 2.05) is 36.4 Å². The van der Waals surface area contributed by atoms with Crippen LogP contribution < -0.4 is 0 Å². The summed E-state index contributed by atoms with van der Waals surface area (Å²) in [7, 11) is 0. The second kappa shape index (κ2) is 9.97. The zero-order valence-corrected chi connectivity index (χ0v) is 26.7. The van der Waals surface area contributed by atoms with Gasteiger partial charge in [-0.3, -0.25) is 0 Å². The first-order valence-corrected chi connectivity index (χ1v) is 16.5. The van der Waals surface area contributed by atoms with E-state index in [-0.39, 0.29) is 5.41 Å². The molecule has 3 nitrogen and oxygen atoms in total. The zero-order chi connectivity index (χ0) is 32.0. The van der Waals surface area contributed by atoms with Crippen LogP contribution in [0.5, 0.6) is 0 Å². The Balaban J connectivity index is 1.09. The van der Waals surface area contributed by atoms with E-state index in [1.54, 1.807) is 0 Å². The second-order valence-corrected chi connectivity index (χ2v) is 13.4. The fraction of sp³-hybridized carbons (Fsp3) is 0.0667. The zero-order valence-electron chi connectivity index (χ0n) is 26.7. The van der Waals surface area contributed by atoms with Crippen LogP contribution in [0.2, 0.25) is 0 Å². The molecule has 0 bridgehead atoms. The standard InChI is InChI=1S/C45H30N2O/c1-45(2)36-23-20-27-9-6-7-12-33(27)42(36)34-22-19-32(26-37(34)45)39-14-8-13-38(46-39)31-18-16-28-15-17-29-21-24-40-43(41(29)35(28)25-31)48-44(47-40)30-10-4-3-5-11-30/h3-26H,1-2H3. The SMILES string of the molecule is CC1(C)c2cc(-c3cccc(-c4ccc5ccc6ccc7nc(-c8ccccc8)oc7c6c5c4)n3)ccc2-c2c1ccc1ccccc21. The van der Waals surface area contributed by atoms with E-state index >= 15 is 0 Å². The van der Waals surface area contributed by atoms with Gasteiger partial charge in [-0.2, -0.15) is 0 Å². The molecule has 0 fully saturated rings. The maximum Gasteiger partial charge on any atom is 0.227 e. The molecule has 1 aliphatic carbocycles. The highest BCUT2D eigenvalue weighted by molar-refractivity contribution is 6.18. The van der Waals surface area contributed by atoms with Gasteiger partial charge in [0.2, 0.25) is 5.89 Å². The van der Waals surface area contributed by atoms with Gasteiger partial charge in [0, 0.05) is 27.5 Å². The molecule has 0 atom stereocenters. The average molecular weight is 615 g/mol. The highest BCUT2D eigenvalue weighted by Gasteiger charge is 2.36. The molecule has 2 aromatic heterocycles. The molecule has 0 aliphatic heterocycles. The summed E-state index contributed by atoms with van der Waals surface area (Å²) in [4.78, 5) is 10.1. The Labute approximate surface area is 278 Å².